The average Bonchev–Trinajstić information content (AvgIpc) is 2.42. The molecule has 0 saturated heterocycles. The van der Waals surface area contributed by atoms with Crippen LogP contribution in [0, 0.1) is 13.8 Å². The van der Waals surface area contributed by atoms with E-state index < -0.39 is 0 Å². The molecule has 0 bridgehead atoms. The molecule has 1 aromatic heterocycles. The van der Waals surface area contributed by atoms with E-state index in [1.165, 1.54) is 0 Å². The number of methoxy groups -OCH3 is 1. The van der Waals surface area contributed by atoms with E-state index in [0.717, 1.165) is 11.4 Å². The van der Waals surface area contributed by atoms with E-state index in [9.17, 15) is 0 Å². The van der Waals surface area contributed by atoms with Crippen LogP contribution in [-0.4, -0.2) is 56.7 Å². The number of aryl methyl sites for hydroxylation is 2. The Bertz CT molecular complexity index is 404. The topological polar surface area (TPSA) is 62.7 Å². The molecule has 0 aliphatic rings. The van der Waals surface area contributed by atoms with Crippen LogP contribution in [0.1, 0.15) is 11.4 Å². The number of hydrogen-bond acceptors (Lipinski definition) is 6. The van der Waals surface area contributed by atoms with Gasteiger partial charge >= 0.3 is 0 Å². The van der Waals surface area contributed by atoms with E-state index in [-0.39, 0.29) is 5.15 Å². The van der Waals surface area contributed by atoms with Crippen molar-refractivity contribution in [3.63, 3.8) is 0 Å². The van der Waals surface area contributed by atoms with E-state index in [4.69, 9.17) is 30.5 Å². The van der Waals surface area contributed by atoms with Crippen molar-refractivity contribution in [3.05, 3.63) is 16.5 Å². The number of nitrogens with zero attached hydrogens (tertiary/aromatic N) is 2. The van der Waals surface area contributed by atoms with Gasteiger partial charge in [-0.3, -0.25) is 0 Å². The molecule has 0 radical (unpaired) electrons. The Labute approximate surface area is 124 Å². The van der Waals surface area contributed by atoms with Crippen LogP contribution in [0.2, 0.25) is 5.15 Å². The lowest BCUT2D eigenvalue weighted by Gasteiger charge is -2.09. The van der Waals surface area contributed by atoms with E-state index in [0.29, 0.717) is 45.5 Å². The fourth-order valence-electron chi connectivity index (χ4n) is 1.31. The first-order valence-electron chi connectivity index (χ1n) is 6.43. The molecule has 7 heteroatoms. The third kappa shape index (κ3) is 6.47. The molecule has 0 saturated carbocycles. The molecular weight excluding hydrogens is 284 g/mol. The lowest BCUT2D eigenvalue weighted by molar-refractivity contribution is 0.0176. The maximum absolute atomic E-state index is 5.94. The summed E-state index contributed by atoms with van der Waals surface area (Å²) in [5.74, 6) is 0.342. The minimum absolute atomic E-state index is 0.274. The number of rotatable bonds is 10. The van der Waals surface area contributed by atoms with Crippen LogP contribution >= 0.6 is 11.6 Å². The van der Waals surface area contributed by atoms with E-state index in [1.807, 2.05) is 13.8 Å². The maximum atomic E-state index is 5.94. The van der Waals surface area contributed by atoms with E-state index in [1.54, 1.807) is 7.11 Å². The van der Waals surface area contributed by atoms with Gasteiger partial charge in [-0.15, -0.1) is 0 Å². The van der Waals surface area contributed by atoms with Crippen LogP contribution in [0.3, 0.4) is 0 Å². The first-order valence-corrected chi connectivity index (χ1v) is 6.81. The van der Waals surface area contributed by atoms with Gasteiger partial charge in [-0.1, -0.05) is 11.6 Å². The Balaban J connectivity index is 2.11. The molecule has 114 valence electrons. The first kappa shape index (κ1) is 17.1. The number of hydrogen-bond donors (Lipinski definition) is 0. The second kappa shape index (κ2) is 9.88. The van der Waals surface area contributed by atoms with Crippen molar-refractivity contribution < 1.29 is 18.9 Å². The molecule has 0 amide bonds. The normalized spacial score (nSPS) is 10.8. The molecule has 0 spiro atoms. The van der Waals surface area contributed by atoms with Crippen molar-refractivity contribution in [2.75, 3.05) is 46.8 Å². The molecule has 0 aliphatic carbocycles. The Morgan fingerprint density at radius 3 is 2.05 bits per heavy atom. The molecule has 0 aliphatic heterocycles. The molecule has 0 N–H and O–H groups in total. The number of ether oxygens (including phenoxy) is 4. The second-order valence-electron chi connectivity index (χ2n) is 4.06. The van der Waals surface area contributed by atoms with Gasteiger partial charge in [0.25, 0.3) is 5.88 Å². The Hall–Kier alpha value is -0.950. The zero-order valence-corrected chi connectivity index (χ0v) is 12.9. The summed E-state index contributed by atoms with van der Waals surface area (Å²) in [5, 5.41) is 0.274. The molecule has 1 heterocycles. The number of aromatic nitrogens is 2. The Kier molecular flexibility index (Phi) is 8.45. The van der Waals surface area contributed by atoms with Gasteiger partial charge in [0.2, 0.25) is 0 Å². The molecule has 0 fully saturated rings. The minimum atomic E-state index is 0.274. The molecule has 6 nitrogen and oxygen atoms in total. The lowest BCUT2D eigenvalue weighted by Crippen LogP contribution is -2.13. The third-order valence-corrected chi connectivity index (χ3v) is 2.75. The second-order valence-corrected chi connectivity index (χ2v) is 4.41. The largest absolute Gasteiger partial charge is 0.473 e. The van der Waals surface area contributed by atoms with Gasteiger partial charge in [-0.05, 0) is 13.8 Å². The Morgan fingerprint density at radius 1 is 0.850 bits per heavy atom. The summed E-state index contributed by atoms with van der Waals surface area (Å²) >= 11 is 5.94. The van der Waals surface area contributed by atoms with E-state index in [2.05, 4.69) is 9.97 Å². The summed E-state index contributed by atoms with van der Waals surface area (Å²) in [6, 6.07) is 0. The Morgan fingerprint density at radius 2 is 1.40 bits per heavy atom. The highest BCUT2D eigenvalue weighted by molar-refractivity contribution is 6.30. The standard InChI is InChI=1S/C13H21ClN2O4/c1-10-11(2)16-13(12(14)15-10)20-9-8-19-7-6-18-5-4-17-3/h4-9H2,1-3H3. The first-order chi connectivity index (χ1) is 9.65. The van der Waals surface area contributed by atoms with Crippen LogP contribution in [0.25, 0.3) is 0 Å². The fraction of sp³-hybridized carbons (Fsp3) is 0.692. The van der Waals surface area contributed by atoms with Gasteiger partial charge in [0, 0.05) is 7.11 Å². The van der Waals surface area contributed by atoms with Crippen molar-refractivity contribution in [1.29, 1.82) is 0 Å². The fourth-order valence-corrected chi connectivity index (χ4v) is 1.53. The quantitative estimate of drug-likeness (QED) is 0.614. The van der Waals surface area contributed by atoms with Gasteiger partial charge in [0.1, 0.15) is 6.61 Å². The molecule has 0 aromatic carbocycles. The van der Waals surface area contributed by atoms with Crippen LogP contribution in [0.15, 0.2) is 0 Å². The number of halogens is 1. The lowest BCUT2D eigenvalue weighted by atomic mass is 10.3. The van der Waals surface area contributed by atoms with Gasteiger partial charge in [0.15, 0.2) is 5.15 Å². The monoisotopic (exact) mass is 304 g/mol. The summed E-state index contributed by atoms with van der Waals surface area (Å²) in [6.07, 6.45) is 0. The van der Waals surface area contributed by atoms with Crippen molar-refractivity contribution in [1.82, 2.24) is 9.97 Å². The summed E-state index contributed by atoms with van der Waals surface area (Å²) in [4.78, 5) is 8.36. The zero-order valence-electron chi connectivity index (χ0n) is 12.1. The predicted octanol–water partition coefficient (Wildman–Crippen LogP) is 1.81. The van der Waals surface area contributed by atoms with E-state index >= 15 is 0 Å². The van der Waals surface area contributed by atoms with Crippen molar-refractivity contribution in [2.45, 2.75) is 13.8 Å². The third-order valence-electron chi connectivity index (χ3n) is 2.51. The minimum Gasteiger partial charge on any atom is -0.473 e. The molecule has 1 rings (SSSR count). The van der Waals surface area contributed by atoms with Gasteiger partial charge in [0.05, 0.1) is 44.4 Å². The summed E-state index contributed by atoms with van der Waals surface area (Å²) in [6.45, 7) is 6.74. The van der Waals surface area contributed by atoms with Crippen LogP contribution in [0.4, 0.5) is 0 Å². The summed E-state index contributed by atoms with van der Waals surface area (Å²) in [5.41, 5.74) is 1.60. The summed E-state index contributed by atoms with van der Waals surface area (Å²) in [7, 11) is 1.64. The molecule has 1 aromatic rings. The highest BCUT2D eigenvalue weighted by atomic mass is 35.5. The zero-order chi connectivity index (χ0) is 14.8. The van der Waals surface area contributed by atoms with Gasteiger partial charge < -0.3 is 18.9 Å². The SMILES string of the molecule is COCCOCCOCCOc1nc(C)c(C)nc1Cl. The molecule has 0 atom stereocenters. The van der Waals surface area contributed by atoms with Crippen molar-refractivity contribution in [3.8, 4) is 5.88 Å². The van der Waals surface area contributed by atoms with Crippen LogP contribution in [-0.2, 0) is 14.2 Å². The molecule has 20 heavy (non-hydrogen) atoms. The van der Waals surface area contributed by atoms with Crippen LogP contribution in [0.5, 0.6) is 5.88 Å². The molecule has 0 unspecified atom stereocenters. The predicted molar refractivity (Wildman–Crippen MR) is 75.5 cm³/mol. The van der Waals surface area contributed by atoms with Gasteiger partial charge in [-0.2, -0.15) is 0 Å². The van der Waals surface area contributed by atoms with Crippen molar-refractivity contribution >= 4 is 11.6 Å². The highest BCUT2D eigenvalue weighted by Crippen LogP contribution is 2.20. The van der Waals surface area contributed by atoms with Gasteiger partial charge in [-0.25, -0.2) is 9.97 Å². The average molecular weight is 305 g/mol. The highest BCUT2D eigenvalue weighted by Gasteiger charge is 2.07. The molecular formula is C13H21ClN2O4. The maximum Gasteiger partial charge on any atom is 0.252 e. The smallest absolute Gasteiger partial charge is 0.252 e. The summed E-state index contributed by atoms with van der Waals surface area (Å²) < 4.78 is 20.9. The van der Waals surface area contributed by atoms with Crippen molar-refractivity contribution in [2.24, 2.45) is 0 Å². The van der Waals surface area contributed by atoms with Crippen LogP contribution < -0.4 is 4.74 Å².